The Hall–Kier alpha value is -8.41. The molecule has 0 atom stereocenters. The van der Waals surface area contributed by atoms with Crippen molar-refractivity contribution < 1.29 is 0 Å². The Balaban J connectivity index is 1.02. The number of para-hydroxylation sites is 2. The summed E-state index contributed by atoms with van der Waals surface area (Å²) in [5.74, 6) is 0.662. The summed E-state index contributed by atoms with van der Waals surface area (Å²) in [6.45, 7) is 0. The first-order valence-electron chi connectivity index (χ1n) is 20.9. The van der Waals surface area contributed by atoms with Crippen molar-refractivity contribution in [3.05, 3.63) is 224 Å². The zero-order valence-corrected chi connectivity index (χ0v) is 33.6. The molecule has 5 nitrogen and oxygen atoms in total. The second-order valence-corrected chi connectivity index (χ2v) is 15.7. The molecule has 0 aliphatic carbocycles. The molecule has 62 heavy (non-hydrogen) atoms. The predicted molar refractivity (Wildman–Crippen MR) is 255 cm³/mol. The summed E-state index contributed by atoms with van der Waals surface area (Å²) in [5.41, 5.74) is 15.5. The number of hydrogen-bond donors (Lipinski definition) is 0. The van der Waals surface area contributed by atoms with Crippen molar-refractivity contribution in [3.8, 4) is 73.2 Å². The summed E-state index contributed by atoms with van der Waals surface area (Å²) in [6, 6.07) is 79.0. The highest BCUT2D eigenvalue weighted by molar-refractivity contribution is 6.10. The zero-order chi connectivity index (χ0) is 41.0. The van der Waals surface area contributed by atoms with Crippen molar-refractivity contribution >= 4 is 38.1 Å². The number of hydrogen-bond acceptors (Lipinski definition) is 3. The number of rotatable bonds is 7. The fraction of sp³-hybridized carbons (Fsp3) is 0. The topological polar surface area (TPSA) is 48.0 Å². The molecule has 8 aromatic carbocycles. The molecule has 0 saturated heterocycles. The van der Waals surface area contributed by atoms with Crippen LogP contribution < -0.4 is 0 Å². The quantitative estimate of drug-likeness (QED) is 0.162. The molecule has 0 bridgehead atoms. The fourth-order valence-corrected chi connectivity index (χ4v) is 9.05. The molecule has 0 fully saturated rings. The first kappa shape index (κ1) is 35.5. The van der Waals surface area contributed by atoms with Gasteiger partial charge in [0.1, 0.15) is 5.69 Å². The molecule has 5 heteroatoms. The van der Waals surface area contributed by atoms with E-state index in [2.05, 4.69) is 227 Å². The van der Waals surface area contributed by atoms with E-state index in [0.717, 1.165) is 83.7 Å². The summed E-state index contributed by atoms with van der Waals surface area (Å²) < 4.78 is 4.48. The molecule has 0 N–H and O–H groups in total. The summed E-state index contributed by atoms with van der Waals surface area (Å²) in [6.07, 6.45) is 0. The number of benzene rings is 8. The van der Waals surface area contributed by atoms with Gasteiger partial charge in [-0.3, -0.25) is 0 Å². The van der Waals surface area contributed by atoms with E-state index < -0.39 is 0 Å². The molecule has 0 aliphatic rings. The first-order chi connectivity index (χ1) is 30.7. The van der Waals surface area contributed by atoms with Crippen molar-refractivity contribution in [3.63, 3.8) is 0 Å². The van der Waals surface area contributed by atoms with Gasteiger partial charge in [0, 0.05) is 55.2 Å². The van der Waals surface area contributed by atoms with Gasteiger partial charge in [-0.15, -0.1) is 0 Å². The lowest BCUT2D eigenvalue weighted by Crippen LogP contribution is -1.98. The lowest BCUT2D eigenvalue weighted by atomic mass is 9.96. The third-order valence-corrected chi connectivity index (χ3v) is 11.9. The highest BCUT2D eigenvalue weighted by atomic mass is 15.2. The smallest absolute Gasteiger partial charge is 0.160 e. The molecule has 0 radical (unpaired) electrons. The average molecular weight is 792 g/mol. The van der Waals surface area contributed by atoms with Crippen LogP contribution in [-0.4, -0.2) is 24.1 Å². The SMILES string of the molecule is c1ccc(-c2cc(-c3cccc(-n4c5ccccc5c5ccccc54)c3)nc(-c3ccc(-c4c(-c5ccccc5)nn5c(-c6ccccc6)cc6ccccc6c45)cc3)n2)cc1. The fourth-order valence-electron chi connectivity index (χ4n) is 9.05. The minimum Gasteiger partial charge on any atom is -0.309 e. The maximum Gasteiger partial charge on any atom is 0.160 e. The van der Waals surface area contributed by atoms with Crippen LogP contribution in [-0.2, 0) is 0 Å². The Labute approximate surface area is 358 Å². The Morgan fingerprint density at radius 2 is 0.887 bits per heavy atom. The number of pyridine rings is 1. The van der Waals surface area contributed by atoms with E-state index in [-0.39, 0.29) is 0 Å². The van der Waals surface area contributed by atoms with Crippen LogP contribution in [0.4, 0.5) is 0 Å². The Morgan fingerprint density at radius 3 is 1.56 bits per heavy atom. The van der Waals surface area contributed by atoms with Gasteiger partial charge in [-0.25, -0.2) is 14.5 Å². The first-order valence-corrected chi connectivity index (χ1v) is 20.9. The molecule has 4 aromatic heterocycles. The lowest BCUT2D eigenvalue weighted by molar-refractivity contribution is 0.979. The summed E-state index contributed by atoms with van der Waals surface area (Å²) >= 11 is 0. The second-order valence-electron chi connectivity index (χ2n) is 15.7. The lowest BCUT2D eigenvalue weighted by Gasteiger charge is -2.13. The highest BCUT2D eigenvalue weighted by Crippen LogP contribution is 2.42. The van der Waals surface area contributed by atoms with Crippen molar-refractivity contribution in [2.24, 2.45) is 0 Å². The van der Waals surface area contributed by atoms with Gasteiger partial charge in [-0.05, 0) is 47.3 Å². The molecule has 0 aliphatic heterocycles. The normalized spacial score (nSPS) is 11.5. The molecular formula is C57H37N5. The van der Waals surface area contributed by atoms with Crippen LogP contribution in [0.15, 0.2) is 224 Å². The van der Waals surface area contributed by atoms with Crippen molar-refractivity contribution in [1.29, 1.82) is 0 Å². The number of aromatic nitrogens is 5. The van der Waals surface area contributed by atoms with Gasteiger partial charge in [0.25, 0.3) is 0 Å². The molecule has 12 rings (SSSR count). The number of fused-ring (bicyclic) bond motifs is 6. The Morgan fingerprint density at radius 1 is 0.355 bits per heavy atom. The van der Waals surface area contributed by atoms with Crippen molar-refractivity contribution in [1.82, 2.24) is 24.1 Å². The molecule has 4 heterocycles. The predicted octanol–water partition coefficient (Wildman–Crippen LogP) is 14.4. The van der Waals surface area contributed by atoms with Crippen LogP contribution in [0, 0.1) is 0 Å². The minimum atomic E-state index is 0.662. The highest BCUT2D eigenvalue weighted by Gasteiger charge is 2.22. The van der Waals surface area contributed by atoms with Gasteiger partial charge in [-0.2, -0.15) is 5.10 Å². The van der Waals surface area contributed by atoms with E-state index in [1.54, 1.807) is 0 Å². The number of nitrogens with zero attached hydrogens (tertiary/aromatic N) is 5. The van der Waals surface area contributed by atoms with Crippen molar-refractivity contribution in [2.75, 3.05) is 0 Å². The molecule has 0 saturated carbocycles. The standard InChI is InChI=1S/C57H37N5/c1-4-17-38(18-5-1)49-37-50(44-24-16-25-45(35-44)61-51-29-14-12-27-47(51)48-28-13-15-30-52(48)61)59-57(58-49)42-33-31-40(32-34-42)54-55(41-21-8-3-9-22-41)60-62-53(39-19-6-2-7-20-39)36-43-23-10-11-26-46(43)56(54)62/h1-37H. The van der Waals surface area contributed by atoms with Crippen LogP contribution in [0.5, 0.6) is 0 Å². The Bertz CT molecular complexity index is 3550. The van der Waals surface area contributed by atoms with Gasteiger partial charge in [0.2, 0.25) is 0 Å². The van der Waals surface area contributed by atoms with E-state index >= 15 is 0 Å². The average Bonchev–Trinajstić information content (AvgIpc) is 3.92. The van der Waals surface area contributed by atoms with E-state index in [0.29, 0.717) is 5.82 Å². The second kappa shape index (κ2) is 14.7. The van der Waals surface area contributed by atoms with Gasteiger partial charge in [0.05, 0.1) is 33.6 Å². The van der Waals surface area contributed by atoms with Crippen LogP contribution in [0.3, 0.4) is 0 Å². The molecule has 0 spiro atoms. The van der Waals surface area contributed by atoms with E-state index in [9.17, 15) is 0 Å². The maximum absolute atomic E-state index is 5.41. The molecule has 0 amide bonds. The largest absolute Gasteiger partial charge is 0.309 e. The summed E-state index contributed by atoms with van der Waals surface area (Å²) in [4.78, 5) is 10.5. The van der Waals surface area contributed by atoms with Crippen LogP contribution in [0.25, 0.3) is 111 Å². The third-order valence-electron chi connectivity index (χ3n) is 11.9. The summed E-state index contributed by atoms with van der Waals surface area (Å²) in [5, 5.41) is 10.2. The van der Waals surface area contributed by atoms with E-state index in [1.807, 2.05) is 6.07 Å². The van der Waals surface area contributed by atoms with Crippen LogP contribution in [0.2, 0.25) is 0 Å². The molecular weight excluding hydrogens is 755 g/mol. The van der Waals surface area contributed by atoms with Gasteiger partial charge in [0.15, 0.2) is 5.82 Å². The van der Waals surface area contributed by atoms with Gasteiger partial charge >= 0.3 is 0 Å². The van der Waals surface area contributed by atoms with Gasteiger partial charge in [-0.1, -0.05) is 188 Å². The summed E-state index contributed by atoms with van der Waals surface area (Å²) in [7, 11) is 0. The third kappa shape index (κ3) is 5.98. The molecule has 290 valence electrons. The Kier molecular flexibility index (Phi) is 8.42. The van der Waals surface area contributed by atoms with E-state index in [1.165, 1.54) is 21.8 Å². The molecule has 0 unspecified atom stereocenters. The maximum atomic E-state index is 5.41. The van der Waals surface area contributed by atoms with Crippen LogP contribution in [0.1, 0.15) is 0 Å². The minimum absolute atomic E-state index is 0.662. The van der Waals surface area contributed by atoms with Crippen molar-refractivity contribution in [2.45, 2.75) is 0 Å². The molecule has 12 aromatic rings. The van der Waals surface area contributed by atoms with E-state index in [4.69, 9.17) is 15.1 Å². The van der Waals surface area contributed by atoms with Crippen LogP contribution >= 0.6 is 0 Å². The zero-order valence-electron chi connectivity index (χ0n) is 33.6. The monoisotopic (exact) mass is 791 g/mol. The van der Waals surface area contributed by atoms with Gasteiger partial charge < -0.3 is 4.57 Å².